The molecule has 0 saturated carbocycles. The Kier molecular flexibility index (Phi) is 6.64. The Morgan fingerprint density at radius 2 is 1.67 bits per heavy atom. The Balaban J connectivity index is 1.62. The van der Waals surface area contributed by atoms with Crippen molar-refractivity contribution >= 4 is 29.1 Å². The number of hydrogen-bond acceptors (Lipinski definition) is 4. The van der Waals surface area contributed by atoms with E-state index in [1.165, 1.54) is 6.26 Å². The van der Waals surface area contributed by atoms with Crippen LogP contribution in [0.5, 0.6) is 0 Å². The van der Waals surface area contributed by atoms with Crippen molar-refractivity contribution in [3.05, 3.63) is 83.8 Å². The topological polar surface area (TPSA) is 100 Å². The lowest BCUT2D eigenvalue weighted by Crippen LogP contribution is -2.26. The summed E-state index contributed by atoms with van der Waals surface area (Å²) in [6, 6.07) is 16.9. The Morgan fingerprint density at radius 3 is 2.33 bits per heavy atom. The zero-order chi connectivity index (χ0) is 21.5. The smallest absolute Gasteiger partial charge is 0.291 e. The molecule has 7 heteroatoms. The first-order valence-corrected chi connectivity index (χ1v) is 9.62. The highest BCUT2D eigenvalue weighted by molar-refractivity contribution is 6.03. The van der Waals surface area contributed by atoms with Crippen LogP contribution in [0.2, 0.25) is 0 Å². The average Bonchev–Trinajstić information content (AvgIpc) is 3.29. The van der Waals surface area contributed by atoms with Crippen LogP contribution in [-0.4, -0.2) is 17.7 Å². The van der Waals surface area contributed by atoms with E-state index >= 15 is 0 Å². The summed E-state index contributed by atoms with van der Waals surface area (Å²) >= 11 is 0. The van der Waals surface area contributed by atoms with E-state index in [1.807, 2.05) is 19.1 Å². The molecule has 0 radical (unpaired) electrons. The number of amides is 3. The number of carbonyl (C=O) groups is 3. The summed E-state index contributed by atoms with van der Waals surface area (Å²) < 4.78 is 5.07. The normalized spacial score (nSPS) is 11.4. The van der Waals surface area contributed by atoms with Crippen LogP contribution in [0.1, 0.15) is 52.8 Å². The lowest BCUT2D eigenvalue weighted by Gasteiger charge is -2.15. The van der Waals surface area contributed by atoms with Gasteiger partial charge in [-0.15, -0.1) is 0 Å². The fraction of sp³-hybridized carbons (Fsp3) is 0.174. The maximum atomic E-state index is 12.6. The van der Waals surface area contributed by atoms with Gasteiger partial charge in [0.25, 0.3) is 11.8 Å². The molecule has 7 nitrogen and oxygen atoms in total. The third-order valence-corrected chi connectivity index (χ3v) is 4.49. The Morgan fingerprint density at radius 1 is 0.900 bits per heavy atom. The van der Waals surface area contributed by atoms with Gasteiger partial charge in [0, 0.05) is 23.4 Å². The summed E-state index contributed by atoms with van der Waals surface area (Å²) in [5.41, 5.74) is 2.53. The minimum atomic E-state index is -0.388. The van der Waals surface area contributed by atoms with Crippen LogP contribution in [0.3, 0.4) is 0 Å². The first-order chi connectivity index (χ1) is 14.5. The Bertz CT molecular complexity index is 1030. The van der Waals surface area contributed by atoms with E-state index in [9.17, 15) is 14.4 Å². The van der Waals surface area contributed by atoms with Crippen LogP contribution < -0.4 is 16.0 Å². The quantitative estimate of drug-likeness (QED) is 0.543. The van der Waals surface area contributed by atoms with E-state index in [-0.39, 0.29) is 29.5 Å². The second kappa shape index (κ2) is 9.56. The molecule has 3 amide bonds. The minimum absolute atomic E-state index is 0.0527. The Hall–Kier alpha value is -3.87. The molecule has 3 rings (SSSR count). The van der Waals surface area contributed by atoms with Gasteiger partial charge in [-0.05, 0) is 55.0 Å². The molecule has 1 aromatic heterocycles. The molecule has 3 N–H and O–H groups in total. The molecule has 30 heavy (non-hydrogen) atoms. The van der Waals surface area contributed by atoms with Crippen LogP contribution in [0.15, 0.2) is 71.3 Å². The number of hydrogen-bond donors (Lipinski definition) is 3. The zero-order valence-electron chi connectivity index (χ0n) is 16.8. The largest absolute Gasteiger partial charge is 0.459 e. The van der Waals surface area contributed by atoms with Crippen molar-refractivity contribution in [2.75, 3.05) is 10.6 Å². The molecule has 1 unspecified atom stereocenters. The van der Waals surface area contributed by atoms with E-state index in [4.69, 9.17) is 4.42 Å². The lowest BCUT2D eigenvalue weighted by molar-refractivity contribution is -0.115. The first kappa shape index (κ1) is 20.9. The molecule has 1 heterocycles. The summed E-state index contributed by atoms with van der Waals surface area (Å²) in [5, 5.41) is 8.43. The van der Waals surface area contributed by atoms with Crippen molar-refractivity contribution in [2.24, 2.45) is 0 Å². The van der Waals surface area contributed by atoms with Gasteiger partial charge in [-0.1, -0.05) is 25.1 Å². The monoisotopic (exact) mass is 405 g/mol. The van der Waals surface area contributed by atoms with Crippen molar-refractivity contribution in [1.29, 1.82) is 0 Å². The zero-order valence-corrected chi connectivity index (χ0v) is 16.8. The molecule has 0 fully saturated rings. The molecule has 3 aromatic rings. The van der Waals surface area contributed by atoms with Crippen molar-refractivity contribution < 1.29 is 18.8 Å². The van der Waals surface area contributed by atoms with Crippen molar-refractivity contribution in [1.82, 2.24) is 5.32 Å². The third-order valence-electron chi connectivity index (χ3n) is 4.49. The van der Waals surface area contributed by atoms with Gasteiger partial charge >= 0.3 is 0 Å². The predicted molar refractivity (Wildman–Crippen MR) is 114 cm³/mol. The molecule has 1 atom stereocenters. The highest BCUT2D eigenvalue weighted by Crippen LogP contribution is 2.18. The number of nitrogens with one attached hydrogen (secondary N) is 3. The third kappa shape index (κ3) is 5.35. The molecule has 0 aliphatic carbocycles. The van der Waals surface area contributed by atoms with Crippen LogP contribution in [0.25, 0.3) is 0 Å². The molecule has 154 valence electrons. The molecular weight excluding hydrogens is 382 g/mol. The molecule has 0 aliphatic heterocycles. The van der Waals surface area contributed by atoms with E-state index < -0.39 is 0 Å². The second-order valence-corrected chi connectivity index (χ2v) is 6.73. The standard InChI is InChI=1S/C23H23N3O4/c1-3-21(27)25-18-11-9-16(10-12-18)15(2)24-22(28)17-6-4-7-19(14-17)26-23(29)20-8-5-13-30-20/h4-15H,3H2,1-2H3,(H,24,28)(H,25,27)(H,26,29). The van der Waals surface area contributed by atoms with E-state index in [0.29, 0.717) is 23.4 Å². The van der Waals surface area contributed by atoms with Gasteiger partial charge in [-0.2, -0.15) is 0 Å². The van der Waals surface area contributed by atoms with Gasteiger partial charge < -0.3 is 20.4 Å². The van der Waals surface area contributed by atoms with Crippen LogP contribution in [0, 0.1) is 0 Å². The van der Waals surface area contributed by atoms with Gasteiger partial charge in [0.05, 0.1) is 12.3 Å². The second-order valence-electron chi connectivity index (χ2n) is 6.73. The number of carbonyl (C=O) groups excluding carboxylic acids is 3. The molecule has 0 saturated heterocycles. The van der Waals surface area contributed by atoms with E-state index in [1.54, 1.807) is 55.5 Å². The van der Waals surface area contributed by atoms with Crippen LogP contribution >= 0.6 is 0 Å². The fourth-order valence-corrected chi connectivity index (χ4v) is 2.81. The van der Waals surface area contributed by atoms with Crippen molar-refractivity contribution in [3.63, 3.8) is 0 Å². The Labute approximate surface area is 174 Å². The summed E-state index contributed by atoms with van der Waals surface area (Å²) in [6.45, 7) is 3.67. The molecule has 0 aliphatic rings. The summed E-state index contributed by atoms with van der Waals surface area (Å²) in [4.78, 5) is 36.2. The SMILES string of the molecule is CCC(=O)Nc1ccc(C(C)NC(=O)c2cccc(NC(=O)c3ccco3)c2)cc1. The number of rotatable bonds is 7. The molecule has 0 bridgehead atoms. The molecule has 0 spiro atoms. The maximum Gasteiger partial charge on any atom is 0.291 e. The van der Waals surface area contributed by atoms with Crippen LogP contribution in [-0.2, 0) is 4.79 Å². The van der Waals surface area contributed by atoms with Gasteiger partial charge in [0.15, 0.2) is 5.76 Å². The van der Waals surface area contributed by atoms with Gasteiger partial charge in [-0.3, -0.25) is 14.4 Å². The van der Waals surface area contributed by atoms with Crippen molar-refractivity contribution in [3.8, 4) is 0 Å². The maximum absolute atomic E-state index is 12.6. The molecule has 2 aromatic carbocycles. The highest BCUT2D eigenvalue weighted by Gasteiger charge is 2.14. The summed E-state index contributed by atoms with van der Waals surface area (Å²) in [6.07, 6.45) is 1.83. The number of anilines is 2. The van der Waals surface area contributed by atoms with Gasteiger partial charge in [-0.25, -0.2) is 0 Å². The molecular formula is C23H23N3O4. The van der Waals surface area contributed by atoms with Crippen LogP contribution in [0.4, 0.5) is 11.4 Å². The van der Waals surface area contributed by atoms with E-state index in [0.717, 1.165) is 5.56 Å². The van der Waals surface area contributed by atoms with Gasteiger partial charge in [0.2, 0.25) is 5.91 Å². The minimum Gasteiger partial charge on any atom is -0.459 e. The van der Waals surface area contributed by atoms with Gasteiger partial charge in [0.1, 0.15) is 0 Å². The summed E-state index contributed by atoms with van der Waals surface area (Å²) in [7, 11) is 0. The van der Waals surface area contributed by atoms with E-state index in [2.05, 4.69) is 16.0 Å². The lowest BCUT2D eigenvalue weighted by atomic mass is 10.1. The average molecular weight is 405 g/mol. The van der Waals surface area contributed by atoms with Crippen molar-refractivity contribution in [2.45, 2.75) is 26.3 Å². The number of benzene rings is 2. The number of furan rings is 1. The predicted octanol–water partition coefficient (Wildman–Crippen LogP) is 4.37. The fourth-order valence-electron chi connectivity index (χ4n) is 2.81. The first-order valence-electron chi connectivity index (χ1n) is 9.62. The summed E-state index contributed by atoms with van der Waals surface area (Å²) in [5.74, 6) is -0.513. The highest BCUT2D eigenvalue weighted by atomic mass is 16.3.